The number of rotatable bonds is 26. The lowest BCUT2D eigenvalue weighted by atomic mass is 10.0. The minimum absolute atomic E-state index is 0.157. The van der Waals surface area contributed by atoms with Crippen molar-refractivity contribution in [1.82, 2.24) is 14.6 Å². The van der Waals surface area contributed by atoms with Crippen LogP contribution in [0.4, 0.5) is 5.82 Å². The number of nitrogen functional groups attached to an aromatic ring is 1. The molecule has 1 saturated carbocycles. The number of unbranched alkanes of at least 4 members (excludes halogenated alkanes) is 15. The summed E-state index contributed by atoms with van der Waals surface area (Å²) in [5.74, 6) is -0.698. The second-order valence-electron chi connectivity index (χ2n) is 16.9. The zero-order chi connectivity index (χ0) is 41.4. The number of halogens is 1. The van der Waals surface area contributed by atoms with Gasteiger partial charge in [0.25, 0.3) is 0 Å². The van der Waals surface area contributed by atoms with Gasteiger partial charge in [0.15, 0.2) is 17.2 Å². The maximum absolute atomic E-state index is 13.7. The van der Waals surface area contributed by atoms with Crippen LogP contribution in [0.3, 0.4) is 0 Å². The summed E-state index contributed by atoms with van der Waals surface area (Å²) in [5, 5.41) is 14.2. The summed E-state index contributed by atoms with van der Waals surface area (Å²) in [5.41, 5.74) is 6.24. The molecule has 1 aromatic carbocycles. The molecule has 320 valence electrons. The normalized spacial score (nSPS) is 26.0. The minimum atomic E-state index is -4.65. The number of phosphoric ester groups is 1. The van der Waals surface area contributed by atoms with Crippen LogP contribution in [-0.2, 0) is 39.2 Å². The predicted octanol–water partition coefficient (Wildman–Crippen LogP) is 10.3. The maximum Gasteiger partial charge on any atom is 0.472 e. The number of fused-ring (bicyclic) bond motifs is 1. The fourth-order valence-electron chi connectivity index (χ4n) is 8.85. The first-order valence-corrected chi connectivity index (χ1v) is 23.3. The molecule has 2 aliphatic heterocycles. The average Bonchev–Trinajstić information content (AvgIpc) is 3.57. The Morgan fingerprint density at radius 1 is 0.966 bits per heavy atom. The lowest BCUT2D eigenvalue weighted by molar-refractivity contribution is -0.186. The van der Waals surface area contributed by atoms with E-state index < -0.39 is 49.2 Å². The van der Waals surface area contributed by atoms with Gasteiger partial charge in [-0.3, -0.25) is 9.05 Å². The van der Waals surface area contributed by atoms with Crippen molar-refractivity contribution in [1.29, 1.82) is 5.26 Å². The van der Waals surface area contributed by atoms with Gasteiger partial charge in [-0.1, -0.05) is 121 Å². The van der Waals surface area contributed by atoms with Crippen LogP contribution in [0, 0.1) is 11.3 Å². The van der Waals surface area contributed by atoms with Crippen LogP contribution in [-0.4, -0.2) is 61.4 Å². The van der Waals surface area contributed by atoms with Crippen molar-refractivity contribution in [3.8, 4) is 6.07 Å². The third-order valence-corrected chi connectivity index (χ3v) is 13.1. The summed E-state index contributed by atoms with van der Waals surface area (Å²) in [6.07, 6.45) is 19.5. The van der Waals surface area contributed by atoms with Crippen LogP contribution < -0.4 is 5.73 Å². The molecule has 3 fully saturated rings. The van der Waals surface area contributed by atoms with Crippen LogP contribution in [0.2, 0.25) is 5.02 Å². The van der Waals surface area contributed by atoms with Gasteiger partial charge in [0, 0.05) is 5.02 Å². The van der Waals surface area contributed by atoms with Crippen LogP contribution >= 0.6 is 19.4 Å². The van der Waals surface area contributed by atoms with Gasteiger partial charge >= 0.3 is 7.82 Å². The van der Waals surface area contributed by atoms with E-state index >= 15 is 0 Å². The smallest absolute Gasteiger partial charge is 0.382 e. The number of aromatic nitrogens is 3. The van der Waals surface area contributed by atoms with Crippen molar-refractivity contribution in [2.45, 2.75) is 185 Å². The summed E-state index contributed by atoms with van der Waals surface area (Å²) < 4.78 is 52.5. The Morgan fingerprint density at radius 3 is 2.24 bits per heavy atom. The average molecular weight is 844 g/mol. The van der Waals surface area contributed by atoms with Crippen LogP contribution in [0.25, 0.3) is 5.52 Å². The van der Waals surface area contributed by atoms with Crippen molar-refractivity contribution in [2.24, 2.45) is 0 Å². The van der Waals surface area contributed by atoms with Crippen molar-refractivity contribution in [2.75, 3.05) is 12.3 Å². The van der Waals surface area contributed by atoms with E-state index in [1.807, 2.05) is 12.1 Å². The molecular weight excluding hydrogens is 781 g/mol. The number of benzene rings is 1. The van der Waals surface area contributed by atoms with Gasteiger partial charge in [-0.15, -0.1) is 0 Å². The molecule has 6 rings (SSSR count). The number of nitrogens with two attached hydrogens (primary N) is 1. The van der Waals surface area contributed by atoms with Crippen molar-refractivity contribution < 1.29 is 37.5 Å². The number of nitriles is 1. The Morgan fingerprint density at radius 2 is 1.60 bits per heavy atom. The second-order valence-corrected chi connectivity index (χ2v) is 18.8. The molecule has 2 aromatic heterocycles. The topological polar surface area (TPSA) is 173 Å². The Bertz CT molecular complexity index is 1910. The highest BCUT2D eigenvalue weighted by molar-refractivity contribution is 7.47. The van der Waals surface area contributed by atoms with E-state index in [0.717, 1.165) is 24.8 Å². The number of phosphoric acid groups is 1. The number of hydrogen-bond acceptors (Lipinski definition) is 11. The zero-order valence-electron chi connectivity index (χ0n) is 34.7. The molecule has 0 radical (unpaired) electrons. The largest absolute Gasteiger partial charge is 0.472 e. The van der Waals surface area contributed by atoms with E-state index in [-0.39, 0.29) is 13.2 Å². The zero-order valence-corrected chi connectivity index (χ0v) is 36.4. The van der Waals surface area contributed by atoms with Gasteiger partial charge in [0.2, 0.25) is 0 Å². The minimum Gasteiger partial charge on any atom is -0.382 e. The second kappa shape index (κ2) is 19.8. The van der Waals surface area contributed by atoms with Gasteiger partial charge in [0.1, 0.15) is 35.8 Å². The first-order valence-electron chi connectivity index (χ1n) is 21.4. The lowest BCUT2D eigenvalue weighted by Gasteiger charge is -2.25. The fraction of sp³-hybridized carbons (Fsp3) is 0.698. The SMILES string of the molecule is CCCCCCCCCCCCCCCCCC[C@@H](COP(=O)(O)OC1[C@@]2(C)O[C@@H](c3ccc4c(N)ncnn34)[C@@H]3OC(C)(C)O[C@@]132)OCc1cc(Cl)cc(C#N)c1. The van der Waals surface area contributed by atoms with Gasteiger partial charge in [-0.25, -0.2) is 14.1 Å². The summed E-state index contributed by atoms with van der Waals surface area (Å²) in [7, 11) is -4.65. The van der Waals surface area contributed by atoms with Gasteiger partial charge in [-0.2, -0.15) is 10.4 Å². The van der Waals surface area contributed by atoms with Crippen molar-refractivity contribution in [3.63, 3.8) is 0 Å². The van der Waals surface area contributed by atoms with E-state index in [1.54, 1.807) is 43.5 Å². The molecule has 1 aliphatic carbocycles. The monoisotopic (exact) mass is 843 g/mol. The molecule has 15 heteroatoms. The number of hydrogen-bond donors (Lipinski definition) is 2. The Labute approximate surface area is 348 Å². The standard InChI is InChI=1S/C43H63ClN5O8P/c1-5-6-7-8-9-10-11-12-13-14-15-16-17-18-19-20-21-34(52-28-32-24-31(27-45)25-33(44)26-32)29-53-58(50,51)56-40-42(4)43(40)38(55-41(2,3)57-43)37(54-42)35-22-23-36-39(46)47-30-48-49(35)36/h22-26,30,34,37-38,40H,5-21,28-29H2,1-4H3,(H,50,51)(H2,46,47,48)/t34-,37-,38-,40?,42+,43+/m0/s1. The molecule has 4 heterocycles. The third kappa shape index (κ3) is 10.6. The van der Waals surface area contributed by atoms with E-state index in [2.05, 4.69) is 23.1 Å². The number of nitrogens with zero attached hydrogens (tertiary/aromatic N) is 4. The van der Waals surface area contributed by atoms with E-state index in [4.69, 9.17) is 45.3 Å². The van der Waals surface area contributed by atoms with E-state index in [9.17, 15) is 14.7 Å². The quantitative estimate of drug-likeness (QED) is 0.0579. The molecule has 0 bridgehead atoms. The Hall–Kier alpha value is -2.63. The highest BCUT2D eigenvalue weighted by atomic mass is 35.5. The molecule has 2 saturated heterocycles. The number of ether oxygens (including phenoxy) is 4. The molecule has 3 aromatic rings. The lowest BCUT2D eigenvalue weighted by Crippen LogP contribution is -2.33. The summed E-state index contributed by atoms with van der Waals surface area (Å²) in [4.78, 5) is 15.2. The van der Waals surface area contributed by atoms with Crippen LogP contribution in [0.1, 0.15) is 160 Å². The van der Waals surface area contributed by atoms with E-state index in [1.165, 1.54) is 89.8 Å². The van der Waals surface area contributed by atoms with Crippen molar-refractivity contribution in [3.05, 3.63) is 58.5 Å². The Kier molecular flexibility index (Phi) is 15.4. The predicted molar refractivity (Wildman–Crippen MR) is 222 cm³/mol. The highest BCUT2D eigenvalue weighted by Crippen LogP contribution is 2.74. The molecule has 2 unspecified atom stereocenters. The summed E-state index contributed by atoms with van der Waals surface area (Å²) in [6.45, 7) is 7.61. The van der Waals surface area contributed by atoms with Crippen molar-refractivity contribution >= 4 is 30.8 Å². The molecule has 3 aliphatic rings. The van der Waals surface area contributed by atoms with Crippen LogP contribution in [0.15, 0.2) is 36.7 Å². The highest BCUT2D eigenvalue weighted by Gasteiger charge is 2.92. The third-order valence-electron chi connectivity index (χ3n) is 11.9. The molecule has 58 heavy (non-hydrogen) atoms. The maximum atomic E-state index is 13.7. The molecule has 0 amide bonds. The first kappa shape index (κ1) is 44.9. The van der Waals surface area contributed by atoms with Gasteiger partial charge < -0.3 is 29.6 Å². The molecule has 3 N–H and O–H groups in total. The van der Waals surface area contributed by atoms with Crippen LogP contribution in [0.5, 0.6) is 0 Å². The number of anilines is 1. The first-order chi connectivity index (χ1) is 27.8. The molecule has 1 spiro atoms. The fourth-order valence-corrected chi connectivity index (χ4v) is 10.2. The summed E-state index contributed by atoms with van der Waals surface area (Å²) >= 11 is 6.25. The van der Waals surface area contributed by atoms with E-state index in [0.29, 0.717) is 34.0 Å². The van der Waals surface area contributed by atoms with Gasteiger partial charge in [-0.05, 0) is 63.1 Å². The molecule has 13 nitrogen and oxygen atoms in total. The van der Waals surface area contributed by atoms with Gasteiger partial charge in [0.05, 0.1) is 36.6 Å². The molecule has 7 atom stereocenters. The Balaban J connectivity index is 0.990. The molecular formula is C43H63ClN5O8P. The summed E-state index contributed by atoms with van der Waals surface area (Å²) in [6, 6.07) is 10.8.